The van der Waals surface area contributed by atoms with Crippen LogP contribution in [0, 0.1) is 0 Å². The molecule has 0 radical (unpaired) electrons. The van der Waals surface area contributed by atoms with E-state index in [-0.39, 0.29) is 6.61 Å². The van der Waals surface area contributed by atoms with Crippen molar-refractivity contribution in [1.29, 1.82) is 0 Å². The quantitative estimate of drug-likeness (QED) is 0.582. The van der Waals surface area contributed by atoms with Crippen molar-refractivity contribution < 1.29 is 14.3 Å². The van der Waals surface area contributed by atoms with Crippen LogP contribution in [0.3, 0.4) is 0 Å². The highest BCUT2D eigenvalue weighted by molar-refractivity contribution is 5.69. The summed E-state index contributed by atoms with van der Waals surface area (Å²) in [6.07, 6.45) is -0.891. The van der Waals surface area contributed by atoms with Gasteiger partial charge >= 0.3 is 6.09 Å². The predicted octanol–water partition coefficient (Wildman–Crippen LogP) is 6.18. The third-order valence-corrected chi connectivity index (χ3v) is 4.64. The van der Waals surface area contributed by atoms with Gasteiger partial charge in [-0.2, -0.15) is 0 Å². The first-order chi connectivity index (χ1) is 13.6. The molecular formula is C25H31NO3. The molecule has 154 valence electrons. The fraction of sp³-hybridized carbons (Fsp3) is 0.320. The van der Waals surface area contributed by atoms with E-state index in [2.05, 4.69) is 18.5 Å². The van der Waals surface area contributed by atoms with Gasteiger partial charge in [0.2, 0.25) is 0 Å². The van der Waals surface area contributed by atoms with E-state index in [4.69, 9.17) is 9.47 Å². The maximum atomic E-state index is 12.4. The average Bonchev–Trinajstić information content (AvgIpc) is 2.66. The fourth-order valence-corrected chi connectivity index (χ4v) is 2.90. The molecular weight excluding hydrogens is 362 g/mol. The minimum absolute atomic E-state index is 0.255. The smallest absolute Gasteiger partial charge is 0.408 e. The molecule has 0 saturated heterocycles. The fourth-order valence-electron chi connectivity index (χ4n) is 2.90. The van der Waals surface area contributed by atoms with Gasteiger partial charge in [-0.1, -0.05) is 61.2 Å². The number of para-hydroxylation sites is 1. The first kappa shape index (κ1) is 22.3. The number of allylic oxidation sites excluding steroid dienone is 2. The predicted molar refractivity (Wildman–Crippen MR) is 120 cm³/mol. The molecule has 1 atom stereocenters. The summed E-state index contributed by atoms with van der Waals surface area (Å²) in [6, 6.07) is 15.7. The van der Waals surface area contributed by atoms with Crippen LogP contribution in [0.1, 0.15) is 51.3 Å². The summed E-state index contributed by atoms with van der Waals surface area (Å²) in [6.45, 7) is 17.7. The second-order valence-electron chi connectivity index (χ2n) is 7.91. The third kappa shape index (κ3) is 6.24. The first-order valence-electron chi connectivity index (χ1n) is 9.73. The lowest BCUT2D eigenvalue weighted by Crippen LogP contribution is -2.42. The molecule has 29 heavy (non-hydrogen) atoms. The van der Waals surface area contributed by atoms with E-state index < -0.39 is 17.7 Å². The van der Waals surface area contributed by atoms with Crippen molar-refractivity contribution >= 4 is 17.2 Å². The standard InChI is InChI=1S/C25H31NO3/c1-17(2)20-12-14-21(15-13-20)25(6,7)26-24(27)29-19(5)16-28-23-11-9-8-10-22(23)18(3)4/h8-15,19H,1,3,16H2,2,4-7H3,(H,26,27). The molecule has 4 heteroatoms. The Morgan fingerprint density at radius 1 is 1.03 bits per heavy atom. The number of alkyl carbamates (subject to hydrolysis) is 1. The molecule has 0 aliphatic rings. The lowest BCUT2D eigenvalue weighted by molar-refractivity contribution is 0.0695. The van der Waals surface area contributed by atoms with Crippen LogP contribution in [0.15, 0.2) is 61.7 Å². The molecule has 0 spiro atoms. The largest absolute Gasteiger partial charge is 0.489 e. The summed E-state index contributed by atoms with van der Waals surface area (Å²) in [5, 5.41) is 2.93. The van der Waals surface area contributed by atoms with Crippen LogP contribution < -0.4 is 10.1 Å². The zero-order valence-corrected chi connectivity index (χ0v) is 18.0. The van der Waals surface area contributed by atoms with E-state index in [1.807, 2.05) is 76.2 Å². The Bertz CT molecular complexity index is 881. The van der Waals surface area contributed by atoms with Crippen molar-refractivity contribution in [3.8, 4) is 5.75 Å². The lowest BCUT2D eigenvalue weighted by Gasteiger charge is -2.27. The Morgan fingerprint density at radius 2 is 1.66 bits per heavy atom. The first-order valence-corrected chi connectivity index (χ1v) is 9.73. The summed E-state index contributed by atoms with van der Waals surface area (Å²) in [5.74, 6) is 0.730. The van der Waals surface area contributed by atoms with Gasteiger partial charge in [-0.25, -0.2) is 4.79 Å². The molecule has 0 aliphatic carbocycles. The van der Waals surface area contributed by atoms with Crippen molar-refractivity contribution in [2.24, 2.45) is 0 Å². The van der Waals surface area contributed by atoms with Crippen molar-refractivity contribution in [1.82, 2.24) is 5.32 Å². The van der Waals surface area contributed by atoms with E-state index in [9.17, 15) is 4.79 Å². The minimum atomic E-state index is -0.572. The monoisotopic (exact) mass is 393 g/mol. The molecule has 0 bridgehead atoms. The van der Waals surface area contributed by atoms with Crippen LogP contribution in [-0.4, -0.2) is 18.8 Å². The van der Waals surface area contributed by atoms with E-state index in [0.29, 0.717) is 0 Å². The Balaban J connectivity index is 1.92. The molecule has 1 N–H and O–H groups in total. The lowest BCUT2D eigenvalue weighted by atomic mass is 9.93. The topological polar surface area (TPSA) is 47.6 Å². The summed E-state index contributed by atoms with van der Waals surface area (Å²) >= 11 is 0. The second kappa shape index (κ2) is 9.46. The van der Waals surface area contributed by atoms with Gasteiger partial charge in [-0.05, 0) is 57.4 Å². The van der Waals surface area contributed by atoms with E-state index in [1.165, 1.54) is 0 Å². The highest BCUT2D eigenvalue weighted by Crippen LogP contribution is 2.25. The Kier molecular flexibility index (Phi) is 7.27. The van der Waals surface area contributed by atoms with E-state index >= 15 is 0 Å². The maximum Gasteiger partial charge on any atom is 0.408 e. The van der Waals surface area contributed by atoms with Crippen LogP contribution in [0.2, 0.25) is 0 Å². The summed E-state index contributed by atoms with van der Waals surface area (Å²) < 4.78 is 11.3. The van der Waals surface area contributed by atoms with E-state index in [1.54, 1.807) is 6.92 Å². The molecule has 0 saturated carbocycles. The van der Waals surface area contributed by atoms with Gasteiger partial charge in [0, 0.05) is 5.56 Å². The number of carbonyl (C=O) groups excluding carboxylic acids is 1. The molecule has 4 nitrogen and oxygen atoms in total. The Hall–Kier alpha value is -3.01. The van der Waals surface area contributed by atoms with Gasteiger partial charge in [0.25, 0.3) is 0 Å². The SMILES string of the molecule is C=C(C)c1ccc(C(C)(C)NC(=O)OC(C)COc2ccccc2C(=C)C)cc1. The Labute approximate surface area is 174 Å². The zero-order valence-electron chi connectivity index (χ0n) is 18.0. The molecule has 2 rings (SSSR count). The van der Waals surface area contributed by atoms with Crippen molar-refractivity contribution in [2.45, 2.75) is 46.3 Å². The summed E-state index contributed by atoms with van der Waals surface area (Å²) in [7, 11) is 0. The highest BCUT2D eigenvalue weighted by atomic mass is 16.6. The van der Waals surface area contributed by atoms with Crippen LogP contribution in [0.4, 0.5) is 4.79 Å². The maximum absolute atomic E-state index is 12.4. The zero-order chi connectivity index (χ0) is 21.6. The normalized spacial score (nSPS) is 12.0. The molecule has 0 fully saturated rings. The number of ether oxygens (including phenoxy) is 2. The van der Waals surface area contributed by atoms with Gasteiger partial charge in [0.05, 0.1) is 5.54 Å². The van der Waals surface area contributed by atoms with Crippen LogP contribution in [0.25, 0.3) is 11.1 Å². The van der Waals surface area contributed by atoms with Crippen molar-refractivity contribution in [2.75, 3.05) is 6.61 Å². The molecule has 0 aliphatic heterocycles. The van der Waals surface area contributed by atoms with Crippen molar-refractivity contribution in [3.05, 3.63) is 78.4 Å². The molecule has 2 aromatic carbocycles. The van der Waals surface area contributed by atoms with Crippen LogP contribution in [-0.2, 0) is 10.3 Å². The number of carbonyl (C=O) groups is 1. The molecule has 1 amide bonds. The minimum Gasteiger partial charge on any atom is -0.489 e. The van der Waals surface area contributed by atoms with Crippen LogP contribution in [0.5, 0.6) is 5.75 Å². The number of rotatable bonds is 8. The number of amides is 1. The van der Waals surface area contributed by atoms with Gasteiger partial charge in [0.15, 0.2) is 0 Å². The third-order valence-electron chi connectivity index (χ3n) is 4.64. The van der Waals surface area contributed by atoms with Gasteiger partial charge < -0.3 is 14.8 Å². The van der Waals surface area contributed by atoms with E-state index in [0.717, 1.165) is 33.6 Å². The van der Waals surface area contributed by atoms with Crippen molar-refractivity contribution in [3.63, 3.8) is 0 Å². The van der Waals surface area contributed by atoms with Crippen LogP contribution >= 0.6 is 0 Å². The number of hydrogen-bond donors (Lipinski definition) is 1. The Morgan fingerprint density at radius 3 is 2.24 bits per heavy atom. The molecule has 1 unspecified atom stereocenters. The molecule has 2 aromatic rings. The average molecular weight is 394 g/mol. The van der Waals surface area contributed by atoms with Gasteiger partial charge in [-0.15, -0.1) is 0 Å². The van der Waals surface area contributed by atoms with Gasteiger partial charge in [-0.3, -0.25) is 0 Å². The second-order valence-corrected chi connectivity index (χ2v) is 7.91. The van der Waals surface area contributed by atoms with Gasteiger partial charge in [0.1, 0.15) is 18.5 Å². The summed E-state index contributed by atoms with van der Waals surface area (Å²) in [4.78, 5) is 12.4. The molecule has 0 aromatic heterocycles. The number of hydrogen-bond acceptors (Lipinski definition) is 3. The number of benzene rings is 2. The summed E-state index contributed by atoms with van der Waals surface area (Å²) in [5.41, 5.74) is 4.36. The highest BCUT2D eigenvalue weighted by Gasteiger charge is 2.24. The molecule has 0 heterocycles. The number of nitrogens with one attached hydrogen (secondary N) is 1.